The summed E-state index contributed by atoms with van der Waals surface area (Å²) in [5.74, 6) is 0. The van der Waals surface area contributed by atoms with Crippen molar-refractivity contribution in [3.8, 4) is 0 Å². The van der Waals surface area contributed by atoms with Crippen LogP contribution in [-0.4, -0.2) is 9.78 Å². The molecule has 2 aromatic heterocycles. The van der Waals surface area contributed by atoms with Gasteiger partial charge in [0.25, 0.3) is 0 Å². The summed E-state index contributed by atoms with van der Waals surface area (Å²) in [6.45, 7) is 1.99. The molecule has 2 heterocycles. The van der Waals surface area contributed by atoms with Crippen molar-refractivity contribution in [1.29, 1.82) is 0 Å². The molecule has 0 aliphatic carbocycles. The third kappa shape index (κ3) is 1.58. The highest BCUT2D eigenvalue weighted by molar-refractivity contribution is 7.10. The van der Waals surface area contributed by atoms with Gasteiger partial charge in [0.2, 0.25) is 0 Å². The zero-order valence-corrected chi connectivity index (χ0v) is 9.08. The fourth-order valence-electron chi connectivity index (χ4n) is 1.54. The molecule has 2 rings (SSSR count). The standard InChI is InChI=1S/C10H13N3S/c1-7-8(6-13(2)12-7)10(11)9-4-3-5-14-9/h3-6,10H,11H2,1-2H3. The van der Waals surface area contributed by atoms with Crippen LogP contribution in [0.4, 0.5) is 0 Å². The second-order valence-corrected chi connectivity index (χ2v) is 4.32. The van der Waals surface area contributed by atoms with E-state index in [-0.39, 0.29) is 6.04 Å². The van der Waals surface area contributed by atoms with Crippen LogP contribution >= 0.6 is 11.3 Å². The summed E-state index contributed by atoms with van der Waals surface area (Å²) in [7, 11) is 1.91. The fraction of sp³-hybridized carbons (Fsp3) is 0.300. The Morgan fingerprint density at radius 3 is 2.86 bits per heavy atom. The van der Waals surface area contributed by atoms with Crippen LogP contribution in [0.25, 0.3) is 0 Å². The molecular formula is C10H13N3S. The zero-order valence-electron chi connectivity index (χ0n) is 8.27. The molecule has 1 atom stereocenters. The van der Waals surface area contributed by atoms with E-state index in [0.717, 1.165) is 11.3 Å². The number of thiophene rings is 1. The first-order valence-electron chi connectivity index (χ1n) is 4.47. The van der Waals surface area contributed by atoms with Crippen molar-refractivity contribution < 1.29 is 0 Å². The molecule has 1 unspecified atom stereocenters. The molecule has 4 heteroatoms. The molecule has 0 aromatic carbocycles. The summed E-state index contributed by atoms with van der Waals surface area (Å²) in [5.41, 5.74) is 8.25. The minimum Gasteiger partial charge on any atom is -0.320 e. The predicted molar refractivity (Wildman–Crippen MR) is 58.3 cm³/mol. The molecule has 74 valence electrons. The molecule has 0 spiro atoms. The summed E-state index contributed by atoms with van der Waals surface area (Å²) in [6.07, 6.45) is 1.99. The van der Waals surface area contributed by atoms with Gasteiger partial charge < -0.3 is 5.73 Å². The predicted octanol–water partition coefficient (Wildman–Crippen LogP) is 1.84. The SMILES string of the molecule is Cc1nn(C)cc1C(N)c1cccs1. The summed E-state index contributed by atoms with van der Waals surface area (Å²) in [5, 5.41) is 6.33. The van der Waals surface area contributed by atoms with Gasteiger partial charge in [0.15, 0.2) is 0 Å². The topological polar surface area (TPSA) is 43.8 Å². The van der Waals surface area contributed by atoms with E-state index in [9.17, 15) is 0 Å². The fourth-order valence-corrected chi connectivity index (χ4v) is 2.29. The number of aromatic nitrogens is 2. The molecule has 14 heavy (non-hydrogen) atoms. The van der Waals surface area contributed by atoms with E-state index >= 15 is 0 Å². The van der Waals surface area contributed by atoms with Crippen molar-refractivity contribution in [2.75, 3.05) is 0 Å². The largest absolute Gasteiger partial charge is 0.320 e. The maximum absolute atomic E-state index is 6.13. The molecule has 0 aliphatic heterocycles. The minimum atomic E-state index is -0.0382. The van der Waals surface area contributed by atoms with Gasteiger partial charge in [-0.25, -0.2) is 0 Å². The van der Waals surface area contributed by atoms with Gasteiger partial charge in [-0.15, -0.1) is 11.3 Å². The molecule has 0 aliphatic rings. The second-order valence-electron chi connectivity index (χ2n) is 3.34. The van der Waals surface area contributed by atoms with Gasteiger partial charge in [-0.1, -0.05) is 6.07 Å². The highest BCUT2D eigenvalue weighted by Crippen LogP contribution is 2.25. The van der Waals surface area contributed by atoms with E-state index in [2.05, 4.69) is 11.2 Å². The quantitative estimate of drug-likeness (QED) is 0.816. The lowest BCUT2D eigenvalue weighted by Gasteiger charge is -2.07. The molecular weight excluding hydrogens is 194 g/mol. The number of nitrogens with two attached hydrogens (primary N) is 1. The molecule has 0 radical (unpaired) electrons. The monoisotopic (exact) mass is 207 g/mol. The van der Waals surface area contributed by atoms with Crippen LogP contribution in [-0.2, 0) is 7.05 Å². The summed E-state index contributed by atoms with van der Waals surface area (Å²) >= 11 is 1.68. The number of hydrogen-bond donors (Lipinski definition) is 1. The molecule has 3 nitrogen and oxygen atoms in total. The number of nitrogens with zero attached hydrogens (tertiary/aromatic N) is 2. The minimum absolute atomic E-state index is 0.0382. The van der Waals surface area contributed by atoms with Crippen LogP contribution in [0.3, 0.4) is 0 Å². The van der Waals surface area contributed by atoms with Crippen molar-refractivity contribution >= 4 is 11.3 Å². The Hall–Kier alpha value is -1.13. The Kier molecular flexibility index (Phi) is 2.39. The van der Waals surface area contributed by atoms with Gasteiger partial charge >= 0.3 is 0 Å². The van der Waals surface area contributed by atoms with E-state index in [4.69, 9.17) is 5.73 Å². The van der Waals surface area contributed by atoms with Gasteiger partial charge in [-0.3, -0.25) is 4.68 Å². The Balaban J connectivity index is 2.36. The lowest BCUT2D eigenvalue weighted by Crippen LogP contribution is -2.10. The second kappa shape index (κ2) is 3.55. The van der Waals surface area contributed by atoms with Crippen LogP contribution in [0.15, 0.2) is 23.7 Å². The van der Waals surface area contributed by atoms with Crippen molar-refractivity contribution in [2.45, 2.75) is 13.0 Å². The van der Waals surface area contributed by atoms with Crippen LogP contribution in [0.5, 0.6) is 0 Å². The maximum atomic E-state index is 6.13. The molecule has 0 saturated carbocycles. The van der Waals surface area contributed by atoms with Crippen molar-refractivity contribution in [1.82, 2.24) is 9.78 Å². The highest BCUT2D eigenvalue weighted by Gasteiger charge is 2.14. The average molecular weight is 207 g/mol. The first kappa shape index (κ1) is 9.43. The van der Waals surface area contributed by atoms with Crippen LogP contribution in [0.1, 0.15) is 22.2 Å². The molecule has 0 amide bonds. The molecule has 0 fully saturated rings. The van der Waals surface area contributed by atoms with Crippen LogP contribution < -0.4 is 5.73 Å². The number of rotatable bonds is 2. The number of aryl methyl sites for hydroxylation is 2. The molecule has 0 saturated heterocycles. The summed E-state index contributed by atoms with van der Waals surface area (Å²) in [4.78, 5) is 1.18. The smallest absolute Gasteiger partial charge is 0.0679 e. The molecule has 0 bridgehead atoms. The lowest BCUT2D eigenvalue weighted by molar-refractivity contribution is 0.756. The van der Waals surface area contributed by atoms with Crippen molar-refractivity contribution in [2.24, 2.45) is 12.8 Å². The Morgan fingerprint density at radius 2 is 2.36 bits per heavy atom. The molecule has 2 aromatic rings. The van der Waals surface area contributed by atoms with Crippen molar-refractivity contribution in [3.05, 3.63) is 39.8 Å². The lowest BCUT2D eigenvalue weighted by atomic mass is 10.1. The van der Waals surface area contributed by atoms with E-state index in [1.165, 1.54) is 4.88 Å². The third-order valence-corrected chi connectivity index (χ3v) is 3.19. The van der Waals surface area contributed by atoms with Gasteiger partial charge in [0.05, 0.1) is 11.7 Å². The first-order valence-corrected chi connectivity index (χ1v) is 5.35. The third-order valence-electron chi connectivity index (χ3n) is 2.24. The summed E-state index contributed by atoms with van der Waals surface area (Å²) < 4.78 is 1.80. The maximum Gasteiger partial charge on any atom is 0.0679 e. The number of hydrogen-bond acceptors (Lipinski definition) is 3. The van der Waals surface area contributed by atoms with Gasteiger partial charge in [0.1, 0.15) is 0 Å². The van der Waals surface area contributed by atoms with E-state index < -0.39 is 0 Å². The van der Waals surface area contributed by atoms with Gasteiger partial charge in [-0.05, 0) is 18.4 Å². The zero-order chi connectivity index (χ0) is 10.1. The van der Waals surface area contributed by atoms with Crippen LogP contribution in [0.2, 0.25) is 0 Å². The Morgan fingerprint density at radius 1 is 1.57 bits per heavy atom. The van der Waals surface area contributed by atoms with E-state index in [0.29, 0.717) is 0 Å². The first-order chi connectivity index (χ1) is 6.68. The Labute approximate surface area is 87.2 Å². The van der Waals surface area contributed by atoms with Crippen LogP contribution in [0, 0.1) is 6.92 Å². The van der Waals surface area contributed by atoms with Gasteiger partial charge in [-0.2, -0.15) is 5.10 Å². The molecule has 2 N–H and O–H groups in total. The summed E-state index contributed by atoms with van der Waals surface area (Å²) in [6, 6.07) is 4.04. The normalized spacial score (nSPS) is 13.1. The Bertz CT molecular complexity index is 417. The average Bonchev–Trinajstić information content (AvgIpc) is 2.73. The van der Waals surface area contributed by atoms with Gasteiger partial charge in [0, 0.05) is 23.7 Å². The van der Waals surface area contributed by atoms with E-state index in [1.807, 2.05) is 31.6 Å². The van der Waals surface area contributed by atoms with Crippen molar-refractivity contribution in [3.63, 3.8) is 0 Å². The highest BCUT2D eigenvalue weighted by atomic mass is 32.1. The van der Waals surface area contributed by atoms with E-state index in [1.54, 1.807) is 16.0 Å².